The summed E-state index contributed by atoms with van der Waals surface area (Å²) in [6, 6.07) is 10.6. The zero-order valence-corrected chi connectivity index (χ0v) is 14.9. The number of likely N-dealkylation sites (tertiary alicyclic amines) is 1. The van der Waals surface area contributed by atoms with Gasteiger partial charge in [-0.25, -0.2) is 9.97 Å². The lowest BCUT2D eigenvalue weighted by Gasteiger charge is -2.32. The standard InChI is InChI=1S/C21H22N4O/c1-15-19(13-22-14-24-15)21(26)25-9-6-16(7-10-25)11-17-4-5-20-18(12-17)3-2-8-23-20/h2-5,8,12-14,16H,6-7,9-11H2,1H3. The van der Waals surface area contributed by atoms with Crippen molar-refractivity contribution in [1.82, 2.24) is 19.9 Å². The number of rotatable bonds is 3. The van der Waals surface area contributed by atoms with Gasteiger partial charge < -0.3 is 4.90 Å². The van der Waals surface area contributed by atoms with Crippen LogP contribution >= 0.6 is 0 Å². The molecule has 132 valence electrons. The molecule has 0 atom stereocenters. The quantitative estimate of drug-likeness (QED) is 0.729. The summed E-state index contributed by atoms with van der Waals surface area (Å²) in [6.45, 7) is 3.45. The summed E-state index contributed by atoms with van der Waals surface area (Å²) in [7, 11) is 0. The lowest BCUT2D eigenvalue weighted by atomic mass is 9.89. The average molecular weight is 346 g/mol. The second kappa shape index (κ2) is 7.20. The Balaban J connectivity index is 1.38. The first-order valence-corrected chi connectivity index (χ1v) is 9.10. The summed E-state index contributed by atoms with van der Waals surface area (Å²) in [5, 5.41) is 1.19. The highest BCUT2D eigenvalue weighted by Gasteiger charge is 2.25. The maximum Gasteiger partial charge on any atom is 0.257 e. The first-order chi connectivity index (χ1) is 12.7. The van der Waals surface area contributed by atoms with Crippen molar-refractivity contribution in [2.75, 3.05) is 13.1 Å². The van der Waals surface area contributed by atoms with Crippen molar-refractivity contribution in [2.45, 2.75) is 26.2 Å². The Morgan fingerprint density at radius 3 is 2.85 bits per heavy atom. The third kappa shape index (κ3) is 3.43. The maximum absolute atomic E-state index is 12.7. The number of carbonyl (C=O) groups is 1. The van der Waals surface area contributed by atoms with Crippen molar-refractivity contribution >= 4 is 16.8 Å². The largest absolute Gasteiger partial charge is 0.339 e. The summed E-state index contributed by atoms with van der Waals surface area (Å²) in [5.74, 6) is 0.666. The molecule has 2 aromatic heterocycles. The number of fused-ring (bicyclic) bond motifs is 1. The van der Waals surface area contributed by atoms with Crippen LogP contribution in [0, 0.1) is 12.8 Å². The van der Waals surface area contributed by atoms with E-state index in [4.69, 9.17) is 0 Å². The van der Waals surface area contributed by atoms with Crippen molar-refractivity contribution in [3.05, 3.63) is 65.9 Å². The van der Waals surface area contributed by atoms with E-state index >= 15 is 0 Å². The lowest BCUT2D eigenvalue weighted by Crippen LogP contribution is -2.39. The molecule has 1 saturated heterocycles. The van der Waals surface area contributed by atoms with Crippen LogP contribution < -0.4 is 0 Å². The predicted octanol–water partition coefficient (Wildman–Crippen LogP) is 3.43. The van der Waals surface area contributed by atoms with Crippen LogP contribution in [0.1, 0.15) is 34.5 Å². The third-order valence-electron chi connectivity index (χ3n) is 5.24. The van der Waals surface area contributed by atoms with Gasteiger partial charge in [0.2, 0.25) is 0 Å². The Morgan fingerprint density at radius 1 is 1.19 bits per heavy atom. The zero-order chi connectivity index (χ0) is 17.9. The van der Waals surface area contributed by atoms with Gasteiger partial charge in [-0.2, -0.15) is 0 Å². The van der Waals surface area contributed by atoms with Gasteiger partial charge in [-0.3, -0.25) is 9.78 Å². The Hall–Kier alpha value is -2.82. The van der Waals surface area contributed by atoms with E-state index in [-0.39, 0.29) is 5.91 Å². The Morgan fingerprint density at radius 2 is 2.04 bits per heavy atom. The Kier molecular flexibility index (Phi) is 4.61. The molecule has 1 fully saturated rings. The molecule has 0 spiro atoms. The Bertz CT molecular complexity index is 932. The molecule has 0 N–H and O–H groups in total. The van der Waals surface area contributed by atoms with E-state index in [1.807, 2.05) is 24.1 Å². The topological polar surface area (TPSA) is 59.0 Å². The van der Waals surface area contributed by atoms with Crippen LogP contribution in [-0.2, 0) is 6.42 Å². The molecular weight excluding hydrogens is 324 g/mol. The zero-order valence-electron chi connectivity index (χ0n) is 14.9. The minimum Gasteiger partial charge on any atom is -0.339 e. The summed E-state index contributed by atoms with van der Waals surface area (Å²) >= 11 is 0. The van der Waals surface area contributed by atoms with Crippen LogP contribution in [0.5, 0.6) is 0 Å². The van der Waals surface area contributed by atoms with Gasteiger partial charge >= 0.3 is 0 Å². The molecule has 5 heteroatoms. The molecular formula is C21H22N4O. The van der Waals surface area contributed by atoms with Crippen LogP contribution in [0.3, 0.4) is 0 Å². The lowest BCUT2D eigenvalue weighted by molar-refractivity contribution is 0.0689. The normalized spacial score (nSPS) is 15.3. The highest BCUT2D eigenvalue weighted by atomic mass is 16.2. The number of amides is 1. The van der Waals surface area contributed by atoms with Gasteiger partial charge in [0, 0.05) is 30.9 Å². The number of pyridine rings is 1. The minimum atomic E-state index is 0.0540. The van der Waals surface area contributed by atoms with Gasteiger partial charge in [0.15, 0.2) is 0 Å². The van der Waals surface area contributed by atoms with Gasteiger partial charge in [-0.1, -0.05) is 12.1 Å². The number of piperidine rings is 1. The molecule has 0 aliphatic carbocycles. The summed E-state index contributed by atoms with van der Waals surface area (Å²) in [5.41, 5.74) is 3.75. The fraction of sp³-hybridized carbons (Fsp3) is 0.333. The van der Waals surface area contributed by atoms with E-state index in [1.54, 1.807) is 6.20 Å². The van der Waals surface area contributed by atoms with Gasteiger partial charge in [-0.05, 0) is 55.9 Å². The van der Waals surface area contributed by atoms with Crippen LogP contribution in [-0.4, -0.2) is 38.8 Å². The second-order valence-corrected chi connectivity index (χ2v) is 6.99. The smallest absolute Gasteiger partial charge is 0.257 e. The van der Waals surface area contributed by atoms with Gasteiger partial charge in [0.05, 0.1) is 16.8 Å². The highest BCUT2D eigenvalue weighted by Crippen LogP contribution is 2.24. The first-order valence-electron chi connectivity index (χ1n) is 9.10. The van der Waals surface area contributed by atoms with Gasteiger partial charge in [0.25, 0.3) is 5.91 Å². The van der Waals surface area contributed by atoms with E-state index in [1.165, 1.54) is 17.3 Å². The number of hydrogen-bond donors (Lipinski definition) is 0. The molecule has 1 amide bonds. The third-order valence-corrected chi connectivity index (χ3v) is 5.24. The molecule has 26 heavy (non-hydrogen) atoms. The fourth-order valence-corrected chi connectivity index (χ4v) is 3.70. The summed E-state index contributed by atoms with van der Waals surface area (Å²) < 4.78 is 0. The van der Waals surface area contributed by atoms with Crippen molar-refractivity contribution in [1.29, 1.82) is 0 Å². The van der Waals surface area contributed by atoms with Crippen molar-refractivity contribution in [3.63, 3.8) is 0 Å². The molecule has 1 aliphatic rings. The van der Waals surface area contributed by atoms with Crippen LogP contribution in [0.4, 0.5) is 0 Å². The number of carbonyl (C=O) groups excluding carboxylic acids is 1. The maximum atomic E-state index is 12.7. The van der Waals surface area contributed by atoms with Gasteiger partial charge in [-0.15, -0.1) is 0 Å². The average Bonchev–Trinajstić information content (AvgIpc) is 2.68. The Labute approximate surface area is 153 Å². The van der Waals surface area contributed by atoms with E-state index in [0.29, 0.717) is 11.5 Å². The molecule has 4 rings (SSSR count). The number of hydrogen-bond acceptors (Lipinski definition) is 4. The van der Waals surface area contributed by atoms with E-state index < -0.39 is 0 Å². The van der Waals surface area contributed by atoms with E-state index in [0.717, 1.165) is 43.6 Å². The summed E-state index contributed by atoms with van der Waals surface area (Å²) in [6.07, 6.45) is 8.05. The molecule has 3 aromatic rings. The number of aromatic nitrogens is 3. The highest BCUT2D eigenvalue weighted by molar-refractivity contribution is 5.94. The molecule has 0 saturated carbocycles. The fourth-order valence-electron chi connectivity index (χ4n) is 3.70. The number of aryl methyl sites for hydroxylation is 1. The number of benzene rings is 1. The molecule has 5 nitrogen and oxygen atoms in total. The second-order valence-electron chi connectivity index (χ2n) is 6.99. The van der Waals surface area contributed by atoms with Gasteiger partial charge in [0.1, 0.15) is 6.33 Å². The minimum absolute atomic E-state index is 0.0540. The van der Waals surface area contributed by atoms with Crippen molar-refractivity contribution in [2.24, 2.45) is 5.92 Å². The number of nitrogens with zero attached hydrogens (tertiary/aromatic N) is 4. The molecule has 3 heterocycles. The molecule has 0 unspecified atom stereocenters. The van der Waals surface area contributed by atoms with E-state index in [2.05, 4.69) is 39.2 Å². The monoisotopic (exact) mass is 346 g/mol. The van der Waals surface area contributed by atoms with Crippen LogP contribution in [0.15, 0.2) is 49.1 Å². The summed E-state index contributed by atoms with van der Waals surface area (Å²) in [4.78, 5) is 27.1. The molecule has 1 aromatic carbocycles. The SMILES string of the molecule is Cc1ncncc1C(=O)N1CCC(Cc2ccc3ncccc3c2)CC1. The molecule has 0 radical (unpaired) electrons. The van der Waals surface area contributed by atoms with Crippen molar-refractivity contribution in [3.8, 4) is 0 Å². The predicted molar refractivity (Wildman–Crippen MR) is 101 cm³/mol. The molecule has 0 bridgehead atoms. The van der Waals surface area contributed by atoms with Crippen LogP contribution in [0.2, 0.25) is 0 Å². The van der Waals surface area contributed by atoms with E-state index in [9.17, 15) is 4.79 Å². The van der Waals surface area contributed by atoms with Crippen LogP contribution in [0.25, 0.3) is 10.9 Å². The molecule has 1 aliphatic heterocycles. The first kappa shape index (κ1) is 16.6. The van der Waals surface area contributed by atoms with Crippen molar-refractivity contribution < 1.29 is 4.79 Å².